The molecule has 5 heteroatoms. The lowest BCUT2D eigenvalue weighted by Gasteiger charge is -2.32. The third-order valence-corrected chi connectivity index (χ3v) is 5.14. The van der Waals surface area contributed by atoms with Crippen LogP contribution in [0.3, 0.4) is 0 Å². The highest BCUT2D eigenvalue weighted by Gasteiger charge is 2.31. The monoisotopic (exact) mass is 432 g/mol. The lowest BCUT2D eigenvalue weighted by atomic mass is 10.0. The summed E-state index contributed by atoms with van der Waals surface area (Å²) < 4.78 is 13.5. The van der Waals surface area contributed by atoms with Gasteiger partial charge in [0.25, 0.3) is 0 Å². The fourth-order valence-corrected chi connectivity index (χ4v) is 3.49. The Labute approximate surface area is 189 Å². The van der Waals surface area contributed by atoms with Crippen LogP contribution in [0.15, 0.2) is 84.9 Å². The average molecular weight is 433 g/mol. The van der Waals surface area contributed by atoms with Crippen molar-refractivity contribution in [1.82, 2.24) is 10.2 Å². The lowest BCUT2D eigenvalue weighted by Crippen LogP contribution is -2.44. The largest absolute Gasteiger partial charge is 0.354 e. The van der Waals surface area contributed by atoms with Crippen molar-refractivity contribution in [2.45, 2.75) is 32.9 Å². The SMILES string of the molecule is CC(C)CNC(=O)C(c1ccccc1)N(Cc1ccc(F)cc1)C(=O)Cc1ccccc1. The summed E-state index contributed by atoms with van der Waals surface area (Å²) in [4.78, 5) is 28.4. The summed E-state index contributed by atoms with van der Waals surface area (Å²) in [6.07, 6.45) is 0.169. The molecule has 0 fully saturated rings. The van der Waals surface area contributed by atoms with E-state index in [1.54, 1.807) is 17.0 Å². The molecule has 0 saturated heterocycles. The lowest BCUT2D eigenvalue weighted by molar-refractivity contribution is -0.141. The van der Waals surface area contributed by atoms with Crippen LogP contribution in [0.2, 0.25) is 0 Å². The molecule has 0 saturated carbocycles. The number of carbonyl (C=O) groups is 2. The molecule has 3 aromatic rings. The van der Waals surface area contributed by atoms with Crippen LogP contribution in [0.5, 0.6) is 0 Å². The van der Waals surface area contributed by atoms with Crippen molar-refractivity contribution in [3.05, 3.63) is 107 Å². The third kappa shape index (κ3) is 6.51. The maximum absolute atomic E-state index is 13.5. The van der Waals surface area contributed by atoms with E-state index >= 15 is 0 Å². The van der Waals surface area contributed by atoms with Crippen LogP contribution in [0, 0.1) is 11.7 Å². The Kier molecular flexibility index (Phi) is 8.14. The molecule has 0 aliphatic carbocycles. The van der Waals surface area contributed by atoms with E-state index in [4.69, 9.17) is 0 Å². The van der Waals surface area contributed by atoms with E-state index in [-0.39, 0.29) is 36.5 Å². The number of benzene rings is 3. The molecule has 0 radical (unpaired) electrons. The van der Waals surface area contributed by atoms with E-state index < -0.39 is 6.04 Å². The molecule has 0 spiro atoms. The normalized spacial score (nSPS) is 11.8. The minimum absolute atomic E-state index is 0.169. The van der Waals surface area contributed by atoms with Gasteiger partial charge in [-0.3, -0.25) is 9.59 Å². The summed E-state index contributed by atoms with van der Waals surface area (Å²) in [7, 11) is 0. The predicted molar refractivity (Wildman–Crippen MR) is 124 cm³/mol. The second-order valence-electron chi connectivity index (χ2n) is 8.26. The highest BCUT2D eigenvalue weighted by atomic mass is 19.1. The summed E-state index contributed by atoms with van der Waals surface area (Å²) in [6.45, 7) is 4.75. The maximum Gasteiger partial charge on any atom is 0.247 e. The summed E-state index contributed by atoms with van der Waals surface area (Å²) in [6, 6.07) is 24.0. The molecule has 0 bridgehead atoms. The van der Waals surface area contributed by atoms with Gasteiger partial charge in [-0.25, -0.2) is 4.39 Å². The molecular formula is C27H29FN2O2. The standard InChI is InChI=1S/C27H29FN2O2/c1-20(2)18-29-27(32)26(23-11-7-4-8-12-23)30(19-22-13-15-24(28)16-14-22)25(31)17-21-9-5-3-6-10-21/h3-16,20,26H,17-19H2,1-2H3,(H,29,32). The smallest absolute Gasteiger partial charge is 0.247 e. The van der Waals surface area contributed by atoms with E-state index in [9.17, 15) is 14.0 Å². The number of carbonyl (C=O) groups excluding carboxylic acids is 2. The number of hydrogen-bond donors (Lipinski definition) is 1. The molecule has 1 atom stereocenters. The van der Waals surface area contributed by atoms with Crippen molar-refractivity contribution in [3.8, 4) is 0 Å². The first-order valence-corrected chi connectivity index (χ1v) is 10.8. The first-order valence-electron chi connectivity index (χ1n) is 10.8. The van der Waals surface area contributed by atoms with Crippen LogP contribution < -0.4 is 5.32 Å². The van der Waals surface area contributed by atoms with Gasteiger partial charge < -0.3 is 10.2 Å². The van der Waals surface area contributed by atoms with Gasteiger partial charge in [0.1, 0.15) is 11.9 Å². The van der Waals surface area contributed by atoms with Gasteiger partial charge in [0.15, 0.2) is 0 Å². The Morgan fingerprint density at radius 1 is 0.844 bits per heavy atom. The molecule has 0 aliphatic rings. The van der Waals surface area contributed by atoms with Gasteiger partial charge in [0.05, 0.1) is 6.42 Å². The Morgan fingerprint density at radius 3 is 2.03 bits per heavy atom. The van der Waals surface area contributed by atoms with E-state index in [1.807, 2.05) is 74.5 Å². The molecule has 2 amide bonds. The molecular weight excluding hydrogens is 403 g/mol. The van der Waals surface area contributed by atoms with Gasteiger partial charge in [-0.15, -0.1) is 0 Å². The number of amides is 2. The number of halogens is 1. The zero-order chi connectivity index (χ0) is 22.9. The van der Waals surface area contributed by atoms with Gasteiger partial charge in [-0.1, -0.05) is 86.6 Å². The number of rotatable bonds is 9. The van der Waals surface area contributed by atoms with Crippen molar-refractivity contribution < 1.29 is 14.0 Å². The minimum atomic E-state index is -0.795. The molecule has 4 nitrogen and oxygen atoms in total. The number of nitrogens with zero attached hydrogens (tertiary/aromatic N) is 1. The summed E-state index contributed by atoms with van der Waals surface area (Å²) in [5.74, 6) is -0.464. The van der Waals surface area contributed by atoms with Crippen LogP contribution in [0.1, 0.15) is 36.6 Å². The first-order chi connectivity index (χ1) is 15.4. The Hall–Kier alpha value is -3.47. The Morgan fingerprint density at radius 2 is 1.44 bits per heavy atom. The topological polar surface area (TPSA) is 49.4 Å². The zero-order valence-corrected chi connectivity index (χ0v) is 18.5. The first kappa shape index (κ1) is 23.2. The maximum atomic E-state index is 13.5. The van der Waals surface area contributed by atoms with Crippen molar-refractivity contribution in [1.29, 1.82) is 0 Å². The number of nitrogens with one attached hydrogen (secondary N) is 1. The predicted octanol–water partition coefficient (Wildman–Crippen LogP) is 4.91. The van der Waals surface area contributed by atoms with E-state index in [0.29, 0.717) is 6.54 Å². The highest BCUT2D eigenvalue weighted by molar-refractivity contribution is 5.89. The molecule has 166 valence electrons. The minimum Gasteiger partial charge on any atom is -0.354 e. The Bertz CT molecular complexity index is 1000. The summed E-state index contributed by atoms with van der Waals surface area (Å²) in [5.41, 5.74) is 2.36. The zero-order valence-electron chi connectivity index (χ0n) is 18.5. The molecule has 1 N–H and O–H groups in total. The fourth-order valence-electron chi connectivity index (χ4n) is 3.49. The molecule has 0 heterocycles. The van der Waals surface area contributed by atoms with Crippen LogP contribution >= 0.6 is 0 Å². The molecule has 32 heavy (non-hydrogen) atoms. The second-order valence-corrected chi connectivity index (χ2v) is 8.26. The molecule has 0 aromatic heterocycles. The van der Waals surface area contributed by atoms with Crippen LogP contribution in [0.25, 0.3) is 0 Å². The molecule has 0 aliphatic heterocycles. The van der Waals surface area contributed by atoms with Gasteiger partial charge in [0.2, 0.25) is 11.8 Å². The second kappa shape index (κ2) is 11.2. The van der Waals surface area contributed by atoms with Crippen molar-refractivity contribution >= 4 is 11.8 Å². The average Bonchev–Trinajstić information content (AvgIpc) is 2.80. The third-order valence-electron chi connectivity index (χ3n) is 5.14. The molecule has 3 aromatic carbocycles. The quantitative estimate of drug-likeness (QED) is 0.522. The van der Waals surface area contributed by atoms with Gasteiger partial charge in [-0.05, 0) is 34.7 Å². The van der Waals surface area contributed by atoms with Gasteiger partial charge in [0, 0.05) is 13.1 Å². The fraction of sp³-hybridized carbons (Fsp3) is 0.259. The van der Waals surface area contributed by atoms with Gasteiger partial charge >= 0.3 is 0 Å². The van der Waals surface area contributed by atoms with E-state index in [0.717, 1.165) is 16.7 Å². The van der Waals surface area contributed by atoms with E-state index in [1.165, 1.54) is 12.1 Å². The molecule has 3 rings (SSSR count). The molecule has 1 unspecified atom stereocenters. The Balaban J connectivity index is 1.97. The summed E-state index contributed by atoms with van der Waals surface area (Å²) in [5, 5.41) is 2.98. The van der Waals surface area contributed by atoms with Crippen molar-refractivity contribution in [2.24, 2.45) is 5.92 Å². The van der Waals surface area contributed by atoms with E-state index in [2.05, 4.69) is 5.32 Å². The van der Waals surface area contributed by atoms with Crippen LogP contribution in [0.4, 0.5) is 4.39 Å². The number of hydrogen-bond acceptors (Lipinski definition) is 2. The van der Waals surface area contributed by atoms with Crippen molar-refractivity contribution in [3.63, 3.8) is 0 Å². The van der Waals surface area contributed by atoms with Crippen LogP contribution in [-0.2, 0) is 22.6 Å². The van der Waals surface area contributed by atoms with Gasteiger partial charge in [-0.2, -0.15) is 0 Å². The van der Waals surface area contributed by atoms with Crippen LogP contribution in [-0.4, -0.2) is 23.3 Å². The highest BCUT2D eigenvalue weighted by Crippen LogP contribution is 2.25. The summed E-state index contributed by atoms with van der Waals surface area (Å²) >= 11 is 0. The van der Waals surface area contributed by atoms with Crippen molar-refractivity contribution in [2.75, 3.05) is 6.54 Å².